The van der Waals surface area contributed by atoms with Gasteiger partial charge >= 0.3 is 0 Å². The third-order valence-corrected chi connectivity index (χ3v) is 5.70. The van der Waals surface area contributed by atoms with Crippen LogP contribution < -0.4 is 4.74 Å². The maximum Gasteiger partial charge on any atom is 0.127 e. The summed E-state index contributed by atoms with van der Waals surface area (Å²) in [5.41, 5.74) is 0.892. The Morgan fingerprint density at radius 1 is 0.844 bits per heavy atom. The van der Waals surface area contributed by atoms with E-state index in [4.69, 9.17) is 21.1 Å². The Labute approximate surface area is 195 Å². The van der Waals surface area contributed by atoms with Gasteiger partial charge in [-0.2, -0.15) is 0 Å². The summed E-state index contributed by atoms with van der Waals surface area (Å²) >= 11 is 6.14. The topological polar surface area (TPSA) is 62.2 Å². The summed E-state index contributed by atoms with van der Waals surface area (Å²) in [5, 5.41) is 23.8. The van der Waals surface area contributed by atoms with Crippen LogP contribution >= 0.6 is 11.6 Å². The molecule has 0 fully saturated rings. The summed E-state index contributed by atoms with van der Waals surface area (Å²) in [4.78, 5) is 2.03. The van der Waals surface area contributed by atoms with Gasteiger partial charge in [-0.05, 0) is 36.9 Å². The average Bonchev–Trinajstić information content (AvgIpc) is 2.78. The van der Waals surface area contributed by atoms with Crippen LogP contribution in [0, 0.1) is 0 Å². The van der Waals surface area contributed by atoms with Crippen molar-refractivity contribution >= 4 is 22.4 Å². The molecule has 0 aliphatic carbocycles. The van der Waals surface area contributed by atoms with Crippen molar-refractivity contribution in [1.29, 1.82) is 0 Å². The molecule has 0 bridgehead atoms. The summed E-state index contributed by atoms with van der Waals surface area (Å²) in [5.74, 6) is 0.756. The lowest BCUT2D eigenvalue weighted by Gasteiger charge is -2.30. The van der Waals surface area contributed by atoms with Gasteiger partial charge in [-0.25, -0.2) is 0 Å². The second-order valence-corrected chi connectivity index (χ2v) is 8.66. The first-order valence-corrected chi connectivity index (χ1v) is 11.3. The molecular formula is C26H32ClNO4. The fourth-order valence-electron chi connectivity index (χ4n) is 3.57. The standard InChI is InChI=1S/C26H32ClNO4/c1-19(2)28(14-22(29)17-31-16-21-9-4-6-12-25(21)27)15-23(30)18-32-26-13-7-10-20-8-3-5-11-24(20)26/h3-13,19,22-23,29-30H,14-18H2,1-2H3/t22-,23+/m0/s1. The van der Waals surface area contributed by atoms with Gasteiger partial charge in [0, 0.05) is 29.5 Å². The predicted octanol–water partition coefficient (Wildman–Crippen LogP) is 4.52. The molecule has 0 radical (unpaired) electrons. The van der Waals surface area contributed by atoms with E-state index in [2.05, 4.69) is 0 Å². The Kier molecular flexibility index (Phi) is 9.33. The first-order valence-electron chi connectivity index (χ1n) is 11.0. The van der Waals surface area contributed by atoms with E-state index in [-0.39, 0.29) is 19.3 Å². The van der Waals surface area contributed by atoms with E-state index >= 15 is 0 Å². The number of fused-ring (bicyclic) bond motifs is 1. The van der Waals surface area contributed by atoms with Crippen molar-refractivity contribution in [2.75, 3.05) is 26.3 Å². The fourth-order valence-corrected chi connectivity index (χ4v) is 3.76. The second kappa shape index (κ2) is 12.2. The summed E-state index contributed by atoms with van der Waals surface area (Å²) in [6.45, 7) is 5.58. The van der Waals surface area contributed by atoms with Crippen LogP contribution in [0.15, 0.2) is 66.7 Å². The van der Waals surface area contributed by atoms with Gasteiger partial charge in [0.2, 0.25) is 0 Å². The number of benzene rings is 3. The minimum atomic E-state index is -0.687. The first kappa shape index (κ1) is 24.5. The maximum absolute atomic E-state index is 10.6. The van der Waals surface area contributed by atoms with Gasteiger partial charge in [-0.15, -0.1) is 0 Å². The fraction of sp³-hybridized carbons (Fsp3) is 0.385. The molecule has 172 valence electrons. The van der Waals surface area contributed by atoms with Crippen molar-refractivity contribution in [3.05, 3.63) is 77.3 Å². The normalized spacial score (nSPS) is 13.6. The monoisotopic (exact) mass is 457 g/mol. The Bertz CT molecular complexity index is 975. The van der Waals surface area contributed by atoms with Gasteiger partial charge in [-0.1, -0.05) is 66.2 Å². The van der Waals surface area contributed by atoms with Crippen LogP contribution in [0.2, 0.25) is 5.02 Å². The van der Waals surface area contributed by atoms with E-state index in [9.17, 15) is 10.2 Å². The highest BCUT2D eigenvalue weighted by Gasteiger charge is 2.19. The lowest BCUT2D eigenvalue weighted by molar-refractivity contribution is -0.00941. The van der Waals surface area contributed by atoms with Crippen LogP contribution in [0.25, 0.3) is 10.8 Å². The highest BCUT2D eigenvalue weighted by molar-refractivity contribution is 6.31. The van der Waals surface area contributed by atoms with Crippen LogP contribution in [0.1, 0.15) is 19.4 Å². The molecule has 0 amide bonds. The molecule has 2 N–H and O–H groups in total. The summed E-state index contributed by atoms with van der Waals surface area (Å²) in [7, 11) is 0. The van der Waals surface area contributed by atoms with Crippen molar-refractivity contribution in [3.63, 3.8) is 0 Å². The Balaban J connectivity index is 1.47. The number of hydrogen-bond donors (Lipinski definition) is 2. The highest BCUT2D eigenvalue weighted by atomic mass is 35.5. The molecule has 0 saturated carbocycles. The SMILES string of the molecule is CC(C)N(C[C@H](O)COCc1ccccc1Cl)C[C@@H](O)COc1cccc2ccccc12. The largest absolute Gasteiger partial charge is 0.490 e. The zero-order valence-corrected chi connectivity index (χ0v) is 19.4. The van der Waals surface area contributed by atoms with E-state index in [0.717, 1.165) is 22.1 Å². The number of nitrogens with zero attached hydrogens (tertiary/aromatic N) is 1. The molecule has 0 aromatic heterocycles. The van der Waals surface area contributed by atoms with Crippen LogP contribution in [0.5, 0.6) is 5.75 Å². The molecule has 0 saturated heterocycles. The molecule has 32 heavy (non-hydrogen) atoms. The van der Waals surface area contributed by atoms with Gasteiger partial charge in [0.1, 0.15) is 18.5 Å². The first-order chi connectivity index (χ1) is 15.4. The van der Waals surface area contributed by atoms with Gasteiger partial charge in [0.25, 0.3) is 0 Å². The minimum Gasteiger partial charge on any atom is -0.490 e. The molecular weight excluding hydrogens is 426 g/mol. The second-order valence-electron chi connectivity index (χ2n) is 8.25. The van der Waals surface area contributed by atoms with Crippen LogP contribution in [0.3, 0.4) is 0 Å². The molecule has 3 aromatic rings. The molecule has 0 unspecified atom stereocenters. The average molecular weight is 458 g/mol. The van der Waals surface area contributed by atoms with E-state index in [0.29, 0.717) is 24.7 Å². The Morgan fingerprint density at radius 2 is 1.50 bits per heavy atom. The van der Waals surface area contributed by atoms with Gasteiger partial charge in [-0.3, -0.25) is 4.90 Å². The number of hydrogen-bond acceptors (Lipinski definition) is 5. The van der Waals surface area contributed by atoms with Crippen molar-refractivity contribution in [2.45, 2.75) is 38.7 Å². The minimum absolute atomic E-state index is 0.153. The van der Waals surface area contributed by atoms with Crippen molar-refractivity contribution < 1.29 is 19.7 Å². The maximum atomic E-state index is 10.6. The highest BCUT2D eigenvalue weighted by Crippen LogP contribution is 2.25. The number of ether oxygens (including phenoxy) is 2. The van der Waals surface area contributed by atoms with E-state index in [1.54, 1.807) is 0 Å². The zero-order chi connectivity index (χ0) is 22.9. The van der Waals surface area contributed by atoms with Crippen molar-refractivity contribution in [1.82, 2.24) is 4.90 Å². The summed E-state index contributed by atoms with van der Waals surface area (Å²) in [6, 6.07) is 21.6. The Hall–Kier alpha value is -2.15. The van der Waals surface area contributed by atoms with Gasteiger partial charge < -0.3 is 19.7 Å². The van der Waals surface area contributed by atoms with Crippen molar-refractivity contribution in [3.8, 4) is 5.75 Å². The van der Waals surface area contributed by atoms with Crippen LogP contribution in [-0.2, 0) is 11.3 Å². The van der Waals surface area contributed by atoms with Gasteiger partial charge in [0.15, 0.2) is 0 Å². The number of rotatable bonds is 12. The lowest BCUT2D eigenvalue weighted by atomic mass is 10.1. The van der Waals surface area contributed by atoms with E-state index < -0.39 is 12.2 Å². The molecule has 0 heterocycles. The summed E-state index contributed by atoms with van der Waals surface area (Å²) in [6.07, 6.45) is -1.36. The predicted molar refractivity (Wildman–Crippen MR) is 129 cm³/mol. The summed E-state index contributed by atoms with van der Waals surface area (Å²) < 4.78 is 11.6. The third kappa shape index (κ3) is 7.19. The molecule has 3 aromatic carbocycles. The molecule has 6 heteroatoms. The van der Waals surface area contributed by atoms with Crippen molar-refractivity contribution in [2.24, 2.45) is 0 Å². The number of aliphatic hydroxyl groups excluding tert-OH is 2. The quantitative estimate of drug-likeness (QED) is 0.418. The zero-order valence-electron chi connectivity index (χ0n) is 18.7. The molecule has 3 rings (SSSR count). The third-order valence-electron chi connectivity index (χ3n) is 5.33. The van der Waals surface area contributed by atoms with E-state index in [1.165, 1.54) is 0 Å². The molecule has 0 spiro atoms. The molecule has 2 atom stereocenters. The smallest absolute Gasteiger partial charge is 0.127 e. The number of halogens is 1. The Morgan fingerprint density at radius 3 is 2.25 bits per heavy atom. The molecule has 0 aliphatic heterocycles. The van der Waals surface area contributed by atoms with Crippen LogP contribution in [0.4, 0.5) is 0 Å². The van der Waals surface area contributed by atoms with Crippen LogP contribution in [-0.4, -0.2) is 59.7 Å². The molecule has 0 aliphatic rings. The van der Waals surface area contributed by atoms with Gasteiger partial charge in [0.05, 0.1) is 19.3 Å². The molecule has 5 nitrogen and oxygen atoms in total. The van der Waals surface area contributed by atoms with E-state index in [1.807, 2.05) is 85.5 Å². The lowest BCUT2D eigenvalue weighted by Crippen LogP contribution is -2.44. The number of aliphatic hydroxyl groups is 2.